The number of Topliss-reactive ketones (excluding diaryl/α,β-unsaturated/α-hetero) is 1. The van der Waals surface area contributed by atoms with E-state index >= 15 is 0 Å². The van der Waals surface area contributed by atoms with Gasteiger partial charge in [-0.25, -0.2) is 4.98 Å². The number of carbonyl (C=O) groups is 1. The molecule has 6 rings (SSSR count). The van der Waals surface area contributed by atoms with E-state index in [4.69, 9.17) is 19.0 Å². The third kappa shape index (κ3) is 6.73. The van der Waals surface area contributed by atoms with Gasteiger partial charge in [0.05, 0.1) is 35.5 Å². The largest absolute Gasteiger partial charge is 0.492 e. The van der Waals surface area contributed by atoms with Crippen LogP contribution in [0.25, 0.3) is 15.2 Å². The highest BCUT2D eigenvalue weighted by atomic mass is 32.1. The van der Waals surface area contributed by atoms with Crippen LogP contribution in [-0.4, -0.2) is 64.7 Å². The number of benzene rings is 2. The van der Waals surface area contributed by atoms with Crippen LogP contribution in [0.15, 0.2) is 59.3 Å². The van der Waals surface area contributed by atoms with Crippen LogP contribution in [0, 0.1) is 11.8 Å². The molecule has 0 atom stereocenters. The number of hydrogen-bond donors (Lipinski definition) is 0. The van der Waals surface area contributed by atoms with E-state index in [1.807, 2.05) is 42.6 Å². The van der Waals surface area contributed by atoms with Crippen molar-refractivity contribution in [1.29, 1.82) is 0 Å². The quantitative estimate of drug-likeness (QED) is 0.230. The average Bonchev–Trinajstić information content (AvgIpc) is 3.68. The van der Waals surface area contributed by atoms with Crippen LogP contribution in [-0.2, 0) is 27.8 Å². The minimum absolute atomic E-state index is 0.0968. The molecule has 4 heterocycles. The van der Waals surface area contributed by atoms with Gasteiger partial charge in [0, 0.05) is 49.3 Å². The molecule has 0 saturated carbocycles. The van der Waals surface area contributed by atoms with Gasteiger partial charge in [0.15, 0.2) is 4.96 Å². The van der Waals surface area contributed by atoms with E-state index in [0.29, 0.717) is 18.7 Å². The highest BCUT2D eigenvalue weighted by molar-refractivity contribution is 7.23. The Labute approximate surface area is 249 Å². The highest BCUT2D eigenvalue weighted by Crippen LogP contribution is 2.30. The number of aromatic nitrogens is 3. The zero-order valence-corrected chi connectivity index (χ0v) is 25.0. The van der Waals surface area contributed by atoms with Crippen LogP contribution >= 0.6 is 11.3 Å². The van der Waals surface area contributed by atoms with E-state index in [1.54, 1.807) is 11.3 Å². The maximum absolute atomic E-state index is 12.6. The molecular formula is C33H34N4O4S. The van der Waals surface area contributed by atoms with Crippen molar-refractivity contribution in [3.63, 3.8) is 0 Å². The summed E-state index contributed by atoms with van der Waals surface area (Å²) in [4.78, 5) is 20.6. The monoisotopic (exact) mass is 582 g/mol. The van der Waals surface area contributed by atoms with Gasteiger partial charge >= 0.3 is 0 Å². The van der Waals surface area contributed by atoms with Gasteiger partial charge in [-0.1, -0.05) is 55.3 Å². The number of ether oxygens (including phenoxy) is 2. The number of fused-ring (bicyclic) bond motifs is 3. The fraction of sp³-hybridized carbons (Fsp3) is 0.364. The van der Waals surface area contributed by atoms with E-state index in [2.05, 4.69) is 59.2 Å². The Morgan fingerprint density at radius 3 is 2.62 bits per heavy atom. The molecule has 0 bridgehead atoms. The molecule has 42 heavy (non-hydrogen) atoms. The molecule has 0 aliphatic carbocycles. The second-order valence-electron chi connectivity index (χ2n) is 11.6. The Hall–Kier alpha value is -3.97. The van der Waals surface area contributed by atoms with Crippen molar-refractivity contribution < 1.29 is 18.8 Å². The number of hydrogen-bond acceptors (Lipinski definition) is 8. The molecule has 1 aliphatic rings. The number of rotatable bonds is 8. The summed E-state index contributed by atoms with van der Waals surface area (Å²) in [5.41, 5.74) is 4.17. The maximum atomic E-state index is 12.6. The Morgan fingerprint density at radius 1 is 1.05 bits per heavy atom. The van der Waals surface area contributed by atoms with E-state index in [9.17, 15) is 4.79 Å². The highest BCUT2D eigenvalue weighted by Gasteiger charge is 2.20. The van der Waals surface area contributed by atoms with Crippen LogP contribution in [0.1, 0.15) is 49.0 Å². The van der Waals surface area contributed by atoms with Crippen LogP contribution in [0.5, 0.6) is 5.75 Å². The first kappa shape index (κ1) is 28.2. The van der Waals surface area contributed by atoms with Crippen molar-refractivity contribution >= 4 is 32.3 Å². The van der Waals surface area contributed by atoms with Crippen molar-refractivity contribution in [2.45, 2.75) is 39.0 Å². The predicted octanol–water partition coefficient (Wildman–Crippen LogP) is 5.30. The minimum atomic E-state index is -0.131. The second-order valence-corrected chi connectivity index (χ2v) is 12.6. The van der Waals surface area contributed by atoms with Gasteiger partial charge in [-0.3, -0.25) is 14.1 Å². The number of nitrogens with zero attached hydrogens (tertiary/aromatic N) is 4. The lowest BCUT2D eigenvalue weighted by molar-refractivity contribution is -0.117. The first-order valence-corrected chi connectivity index (χ1v) is 15.1. The lowest BCUT2D eigenvalue weighted by Gasteiger charge is -2.26. The smallest absolute Gasteiger partial charge is 0.195 e. The summed E-state index contributed by atoms with van der Waals surface area (Å²) in [6.07, 6.45) is 2.58. The Morgan fingerprint density at radius 2 is 1.86 bits per heavy atom. The van der Waals surface area contributed by atoms with Gasteiger partial charge in [0.2, 0.25) is 0 Å². The SMILES string of the molecule is CC(C)(C)c1cc(CC(=O)Cc2ccc(C#Cc3cn4c(n3)sc3cc(OCCN5CCOCC5)ccc34)cc2)no1. The Kier molecular flexibility index (Phi) is 8.11. The van der Waals surface area contributed by atoms with Crippen molar-refractivity contribution in [3.05, 3.63) is 83.0 Å². The van der Waals surface area contributed by atoms with Crippen LogP contribution in [0.2, 0.25) is 0 Å². The maximum Gasteiger partial charge on any atom is 0.195 e. The van der Waals surface area contributed by atoms with Gasteiger partial charge in [-0.15, -0.1) is 0 Å². The number of morpholine rings is 1. The molecule has 0 unspecified atom stereocenters. The van der Waals surface area contributed by atoms with Gasteiger partial charge in [-0.05, 0) is 41.8 Å². The first-order chi connectivity index (χ1) is 20.3. The molecule has 0 N–H and O–H groups in total. The van der Waals surface area contributed by atoms with E-state index in [-0.39, 0.29) is 17.6 Å². The molecule has 1 fully saturated rings. The third-order valence-electron chi connectivity index (χ3n) is 7.21. The van der Waals surface area contributed by atoms with Gasteiger partial charge in [0.1, 0.15) is 29.6 Å². The molecule has 1 saturated heterocycles. The molecule has 5 aromatic rings. The van der Waals surface area contributed by atoms with E-state index in [1.165, 1.54) is 0 Å². The third-order valence-corrected chi connectivity index (χ3v) is 8.23. The van der Waals surface area contributed by atoms with Gasteiger partial charge in [-0.2, -0.15) is 0 Å². The van der Waals surface area contributed by atoms with Crippen molar-refractivity contribution in [2.75, 3.05) is 39.5 Å². The normalized spacial score (nSPS) is 14.3. The first-order valence-electron chi connectivity index (χ1n) is 14.2. The molecule has 0 amide bonds. The zero-order valence-electron chi connectivity index (χ0n) is 24.2. The Balaban J connectivity index is 1.05. The zero-order chi connectivity index (χ0) is 29.1. The summed E-state index contributed by atoms with van der Waals surface area (Å²) in [5.74, 6) is 8.13. The fourth-order valence-corrected chi connectivity index (χ4v) is 5.87. The van der Waals surface area contributed by atoms with Crippen LogP contribution < -0.4 is 4.74 Å². The summed E-state index contributed by atoms with van der Waals surface area (Å²) in [5, 5.41) is 4.06. The van der Waals surface area contributed by atoms with E-state index < -0.39 is 0 Å². The van der Waals surface area contributed by atoms with E-state index in [0.717, 1.165) is 76.4 Å². The number of carbonyl (C=O) groups excluding carboxylic acids is 1. The molecule has 9 heteroatoms. The number of thiazole rings is 1. The van der Waals surface area contributed by atoms with Crippen molar-refractivity contribution in [2.24, 2.45) is 0 Å². The molecule has 0 radical (unpaired) electrons. The van der Waals surface area contributed by atoms with Crippen LogP contribution in [0.4, 0.5) is 0 Å². The summed E-state index contributed by atoms with van der Waals surface area (Å²) in [6.45, 7) is 11.3. The van der Waals surface area contributed by atoms with Crippen molar-refractivity contribution in [3.8, 4) is 17.6 Å². The summed E-state index contributed by atoms with van der Waals surface area (Å²) in [6, 6.07) is 15.8. The summed E-state index contributed by atoms with van der Waals surface area (Å²) < 4.78 is 20.0. The lowest BCUT2D eigenvalue weighted by Crippen LogP contribution is -2.38. The molecule has 1 aliphatic heterocycles. The Bertz CT molecular complexity index is 1760. The minimum Gasteiger partial charge on any atom is -0.492 e. The number of ketones is 1. The van der Waals surface area contributed by atoms with Gasteiger partial charge < -0.3 is 14.0 Å². The number of imidazole rings is 1. The molecular weight excluding hydrogens is 548 g/mol. The predicted molar refractivity (Wildman–Crippen MR) is 163 cm³/mol. The van der Waals surface area contributed by atoms with Crippen LogP contribution in [0.3, 0.4) is 0 Å². The summed E-state index contributed by atoms with van der Waals surface area (Å²) in [7, 11) is 0. The molecule has 2 aromatic carbocycles. The lowest BCUT2D eigenvalue weighted by atomic mass is 9.93. The summed E-state index contributed by atoms with van der Waals surface area (Å²) >= 11 is 1.63. The molecule has 8 nitrogen and oxygen atoms in total. The fourth-order valence-electron chi connectivity index (χ4n) is 4.83. The van der Waals surface area contributed by atoms with Crippen molar-refractivity contribution in [1.82, 2.24) is 19.4 Å². The standard InChI is InChI=1S/C33H34N4O4S/c1-33(2,3)31-20-26(35-41-31)19-27(38)18-24-6-4-23(5-7-24)8-9-25-22-37-29-11-10-28(21-30(29)42-32(37)34-25)40-17-14-36-12-15-39-16-13-36/h4-7,10-11,20-22H,12-19H2,1-3H3. The topological polar surface area (TPSA) is 82.1 Å². The molecule has 3 aromatic heterocycles. The second kappa shape index (κ2) is 12.1. The van der Waals surface area contributed by atoms with Gasteiger partial charge in [0.25, 0.3) is 0 Å². The molecule has 0 spiro atoms. The average molecular weight is 583 g/mol. The molecule has 216 valence electrons.